The molecule has 0 spiro atoms. The number of sulfonamides is 1. The Bertz CT molecular complexity index is 1300. The average molecular weight is 521 g/mol. The number of nitrogens with one attached hydrogen (secondary N) is 1. The number of nitrogens with zero attached hydrogens (tertiary/aromatic N) is 1. The number of halogens is 1. The van der Waals surface area contributed by atoms with Crippen molar-refractivity contribution in [1.82, 2.24) is 0 Å². The minimum Gasteiger partial charge on any atom is -0.495 e. The maximum Gasteiger partial charge on any atom is 0.264 e. The number of hydrogen-bond donors (Lipinski definition) is 1. The summed E-state index contributed by atoms with van der Waals surface area (Å²) >= 11 is 6.13. The smallest absolute Gasteiger partial charge is 0.264 e. The lowest BCUT2D eigenvalue weighted by Crippen LogP contribution is -2.38. The molecule has 1 amide bonds. The van der Waals surface area contributed by atoms with Crippen molar-refractivity contribution in [3.05, 3.63) is 65.7 Å². The normalized spacial score (nSPS) is 10.9. The number of amides is 1. The van der Waals surface area contributed by atoms with Crippen LogP contribution in [0, 0.1) is 0 Å². The van der Waals surface area contributed by atoms with Crippen LogP contribution >= 0.6 is 11.6 Å². The van der Waals surface area contributed by atoms with Crippen molar-refractivity contribution >= 4 is 38.9 Å². The van der Waals surface area contributed by atoms with Crippen LogP contribution in [0.3, 0.4) is 0 Å². The summed E-state index contributed by atoms with van der Waals surface area (Å²) in [5.41, 5.74) is 0.477. The van der Waals surface area contributed by atoms with E-state index in [1.54, 1.807) is 24.3 Å². The zero-order valence-electron chi connectivity index (χ0n) is 19.6. The van der Waals surface area contributed by atoms with Gasteiger partial charge in [0.15, 0.2) is 11.5 Å². The van der Waals surface area contributed by atoms with E-state index in [0.717, 1.165) is 4.31 Å². The first-order valence-electron chi connectivity index (χ1n) is 10.3. The molecule has 9 nitrogen and oxygen atoms in total. The maximum absolute atomic E-state index is 13.6. The molecular weight excluding hydrogens is 496 g/mol. The molecule has 0 fully saturated rings. The SMILES string of the molecule is COc1cc(NC(=O)CN(c2ccc(OC)c(OC)c2)S(=O)(=O)c2ccccc2)c(OC)cc1Cl. The summed E-state index contributed by atoms with van der Waals surface area (Å²) in [6.07, 6.45) is 0. The third-order valence-electron chi connectivity index (χ3n) is 5.02. The van der Waals surface area contributed by atoms with Crippen LogP contribution in [-0.2, 0) is 14.8 Å². The van der Waals surface area contributed by atoms with E-state index < -0.39 is 22.5 Å². The van der Waals surface area contributed by atoms with Gasteiger partial charge in [0.1, 0.15) is 18.0 Å². The van der Waals surface area contributed by atoms with Crippen LogP contribution in [0.1, 0.15) is 0 Å². The Morgan fingerprint density at radius 3 is 2.06 bits per heavy atom. The molecule has 0 heterocycles. The highest BCUT2D eigenvalue weighted by Gasteiger charge is 2.28. The second-order valence-corrected chi connectivity index (χ2v) is 9.37. The van der Waals surface area contributed by atoms with Gasteiger partial charge in [-0.1, -0.05) is 29.8 Å². The average Bonchev–Trinajstić information content (AvgIpc) is 2.87. The summed E-state index contributed by atoms with van der Waals surface area (Å²) in [6.45, 7) is -0.541. The van der Waals surface area contributed by atoms with E-state index in [9.17, 15) is 13.2 Å². The lowest BCUT2D eigenvalue weighted by atomic mass is 10.2. The number of carbonyl (C=O) groups is 1. The minimum absolute atomic E-state index is 0.0216. The van der Waals surface area contributed by atoms with Gasteiger partial charge in [-0.25, -0.2) is 8.42 Å². The van der Waals surface area contributed by atoms with Crippen molar-refractivity contribution in [3.63, 3.8) is 0 Å². The Morgan fingerprint density at radius 1 is 0.829 bits per heavy atom. The van der Waals surface area contributed by atoms with Gasteiger partial charge < -0.3 is 24.3 Å². The monoisotopic (exact) mass is 520 g/mol. The number of carbonyl (C=O) groups excluding carboxylic acids is 1. The molecule has 0 aliphatic rings. The zero-order chi connectivity index (χ0) is 25.6. The summed E-state index contributed by atoms with van der Waals surface area (Å²) in [5.74, 6) is 0.699. The van der Waals surface area contributed by atoms with Crippen LogP contribution in [0.4, 0.5) is 11.4 Å². The van der Waals surface area contributed by atoms with Gasteiger partial charge in [-0.3, -0.25) is 9.10 Å². The second kappa shape index (κ2) is 11.2. The van der Waals surface area contributed by atoms with Gasteiger partial charge in [-0.2, -0.15) is 0 Å². The van der Waals surface area contributed by atoms with Crippen LogP contribution in [0.5, 0.6) is 23.0 Å². The van der Waals surface area contributed by atoms with Crippen LogP contribution in [-0.4, -0.2) is 49.3 Å². The molecule has 0 aromatic heterocycles. The molecule has 0 atom stereocenters. The van der Waals surface area contributed by atoms with E-state index in [0.29, 0.717) is 22.3 Å². The molecule has 1 N–H and O–H groups in total. The Morgan fingerprint density at radius 2 is 1.46 bits per heavy atom. The van der Waals surface area contributed by atoms with Gasteiger partial charge in [0.05, 0.1) is 49.7 Å². The first-order chi connectivity index (χ1) is 16.7. The highest BCUT2D eigenvalue weighted by atomic mass is 35.5. The summed E-state index contributed by atoms with van der Waals surface area (Å²) < 4.78 is 49.2. The predicted molar refractivity (Wildman–Crippen MR) is 134 cm³/mol. The largest absolute Gasteiger partial charge is 0.495 e. The molecule has 186 valence electrons. The van der Waals surface area contributed by atoms with Crippen LogP contribution in [0.2, 0.25) is 5.02 Å². The number of ether oxygens (including phenoxy) is 4. The number of methoxy groups -OCH3 is 4. The molecule has 3 rings (SSSR count). The Hall–Kier alpha value is -3.63. The minimum atomic E-state index is -4.12. The molecule has 3 aromatic rings. The first kappa shape index (κ1) is 26.0. The predicted octanol–water partition coefficient (Wildman–Crippen LogP) is 4.21. The fourth-order valence-corrected chi connectivity index (χ4v) is 4.96. The Balaban J connectivity index is 2.02. The first-order valence-corrected chi connectivity index (χ1v) is 12.1. The van der Waals surface area contributed by atoms with Crippen LogP contribution in [0.15, 0.2) is 65.6 Å². The molecule has 0 bridgehead atoms. The summed E-state index contributed by atoms with van der Waals surface area (Å²) in [7, 11) is 1.64. The maximum atomic E-state index is 13.6. The van der Waals surface area contributed by atoms with E-state index in [1.807, 2.05) is 0 Å². The lowest BCUT2D eigenvalue weighted by Gasteiger charge is -2.25. The van der Waals surface area contributed by atoms with Crippen LogP contribution in [0.25, 0.3) is 0 Å². The van der Waals surface area contributed by atoms with E-state index in [2.05, 4.69) is 5.32 Å². The van der Waals surface area contributed by atoms with E-state index >= 15 is 0 Å². The fraction of sp³-hybridized carbons (Fsp3) is 0.208. The summed E-state index contributed by atoms with van der Waals surface area (Å²) in [4.78, 5) is 13.1. The van der Waals surface area contributed by atoms with Gasteiger partial charge in [0, 0.05) is 18.2 Å². The quantitative estimate of drug-likeness (QED) is 0.427. The van der Waals surface area contributed by atoms with Crippen molar-refractivity contribution in [1.29, 1.82) is 0 Å². The summed E-state index contributed by atoms with van der Waals surface area (Å²) in [5, 5.41) is 2.97. The van der Waals surface area contributed by atoms with Crippen molar-refractivity contribution in [2.45, 2.75) is 4.90 Å². The third-order valence-corrected chi connectivity index (χ3v) is 7.10. The molecule has 11 heteroatoms. The number of benzene rings is 3. The summed E-state index contributed by atoms with van der Waals surface area (Å²) in [6, 6.07) is 15.4. The van der Waals surface area contributed by atoms with Gasteiger partial charge in [-0.15, -0.1) is 0 Å². The van der Waals surface area contributed by atoms with Crippen molar-refractivity contribution in [2.24, 2.45) is 0 Å². The van der Waals surface area contributed by atoms with Crippen LogP contribution < -0.4 is 28.6 Å². The molecule has 3 aromatic carbocycles. The van der Waals surface area contributed by atoms with E-state index in [-0.39, 0.29) is 22.0 Å². The molecule has 0 saturated carbocycles. The molecule has 0 unspecified atom stereocenters. The number of anilines is 2. The van der Waals surface area contributed by atoms with Crippen molar-refractivity contribution < 1.29 is 32.2 Å². The molecule has 35 heavy (non-hydrogen) atoms. The standard InChI is InChI=1S/C24H25ClN2O7S/c1-31-20-11-10-16(12-23(20)34-4)27(35(29,30)17-8-6-5-7-9-17)15-24(28)26-19-14-21(32-2)18(25)13-22(19)33-3/h5-14H,15H2,1-4H3,(H,26,28). The second-order valence-electron chi connectivity index (χ2n) is 7.10. The molecule has 0 aliphatic carbocycles. The van der Waals surface area contributed by atoms with Crippen molar-refractivity contribution in [3.8, 4) is 23.0 Å². The fourth-order valence-electron chi connectivity index (χ4n) is 3.29. The van der Waals surface area contributed by atoms with Crippen molar-refractivity contribution in [2.75, 3.05) is 44.6 Å². The molecular formula is C24H25ClN2O7S. The molecule has 0 aliphatic heterocycles. The number of rotatable bonds is 10. The van der Waals surface area contributed by atoms with Gasteiger partial charge in [0.25, 0.3) is 10.0 Å². The van der Waals surface area contributed by atoms with E-state index in [1.165, 1.54) is 64.8 Å². The highest BCUT2D eigenvalue weighted by molar-refractivity contribution is 7.92. The lowest BCUT2D eigenvalue weighted by molar-refractivity contribution is -0.114. The third kappa shape index (κ3) is 5.72. The van der Waals surface area contributed by atoms with E-state index in [4.69, 9.17) is 30.5 Å². The topological polar surface area (TPSA) is 103 Å². The molecule has 0 saturated heterocycles. The Labute approximate surface area is 209 Å². The van der Waals surface area contributed by atoms with Gasteiger partial charge in [0.2, 0.25) is 5.91 Å². The number of hydrogen-bond acceptors (Lipinski definition) is 7. The zero-order valence-corrected chi connectivity index (χ0v) is 21.1. The Kier molecular flexibility index (Phi) is 8.31. The molecule has 0 radical (unpaired) electrons. The highest BCUT2D eigenvalue weighted by Crippen LogP contribution is 2.37. The van der Waals surface area contributed by atoms with Gasteiger partial charge >= 0.3 is 0 Å². The van der Waals surface area contributed by atoms with Gasteiger partial charge in [-0.05, 0) is 24.3 Å².